The Morgan fingerprint density at radius 1 is 1.30 bits per heavy atom. The molecule has 0 aliphatic heterocycles. The van der Waals surface area contributed by atoms with Gasteiger partial charge >= 0.3 is 0 Å². The van der Waals surface area contributed by atoms with Gasteiger partial charge in [-0.2, -0.15) is 0 Å². The smallest absolute Gasteiger partial charge is 0.128 e. The van der Waals surface area contributed by atoms with Crippen molar-refractivity contribution in [2.24, 2.45) is 5.92 Å². The second-order valence-electron chi connectivity index (χ2n) is 6.17. The first kappa shape index (κ1) is 15.5. The molecule has 0 saturated heterocycles. The molecule has 1 aliphatic rings. The van der Waals surface area contributed by atoms with Crippen LogP contribution in [0.15, 0.2) is 18.2 Å². The molecule has 20 heavy (non-hydrogen) atoms. The number of nitrogens with one attached hydrogen (secondary N) is 1. The highest BCUT2D eigenvalue weighted by Gasteiger charge is 2.16. The highest BCUT2D eigenvalue weighted by Crippen LogP contribution is 2.23. The van der Waals surface area contributed by atoms with E-state index in [1.54, 1.807) is 6.07 Å². The van der Waals surface area contributed by atoms with Crippen LogP contribution >= 0.6 is 0 Å². The number of benzene rings is 1. The lowest BCUT2D eigenvalue weighted by atomic mass is 10.1. The lowest BCUT2D eigenvalue weighted by Gasteiger charge is -2.13. The first-order valence-corrected chi connectivity index (χ1v) is 7.75. The SMILES string of the molecule is CC(C)CNCc1ccc(F)c(COC2CCCC2)c1. The Balaban J connectivity index is 1.86. The maximum atomic E-state index is 13.8. The summed E-state index contributed by atoms with van der Waals surface area (Å²) in [4.78, 5) is 0. The van der Waals surface area contributed by atoms with Crippen molar-refractivity contribution in [3.63, 3.8) is 0 Å². The van der Waals surface area contributed by atoms with Gasteiger partial charge in [-0.05, 0) is 43.0 Å². The molecule has 1 saturated carbocycles. The minimum absolute atomic E-state index is 0.157. The van der Waals surface area contributed by atoms with Crippen molar-refractivity contribution in [1.82, 2.24) is 5.32 Å². The van der Waals surface area contributed by atoms with E-state index in [1.807, 2.05) is 12.1 Å². The summed E-state index contributed by atoms with van der Waals surface area (Å²) >= 11 is 0. The van der Waals surface area contributed by atoms with Gasteiger partial charge in [0.05, 0.1) is 12.7 Å². The van der Waals surface area contributed by atoms with Crippen molar-refractivity contribution < 1.29 is 9.13 Å². The molecule has 0 atom stereocenters. The summed E-state index contributed by atoms with van der Waals surface area (Å²) < 4.78 is 19.6. The van der Waals surface area contributed by atoms with Crippen LogP contribution in [0.2, 0.25) is 0 Å². The molecule has 2 nitrogen and oxygen atoms in total. The maximum Gasteiger partial charge on any atom is 0.128 e. The Hall–Kier alpha value is -0.930. The predicted octanol–water partition coefficient (Wildman–Crippen LogP) is 4.03. The molecule has 1 aliphatic carbocycles. The largest absolute Gasteiger partial charge is 0.373 e. The Morgan fingerprint density at radius 3 is 2.75 bits per heavy atom. The van der Waals surface area contributed by atoms with Gasteiger partial charge in [0.1, 0.15) is 5.82 Å². The minimum Gasteiger partial charge on any atom is -0.373 e. The van der Waals surface area contributed by atoms with Gasteiger partial charge < -0.3 is 10.1 Å². The molecule has 1 N–H and O–H groups in total. The predicted molar refractivity (Wildman–Crippen MR) is 80.0 cm³/mol. The monoisotopic (exact) mass is 279 g/mol. The first-order chi connectivity index (χ1) is 9.65. The van der Waals surface area contributed by atoms with E-state index in [1.165, 1.54) is 12.8 Å². The molecule has 0 amide bonds. The van der Waals surface area contributed by atoms with Gasteiger partial charge in [0.15, 0.2) is 0 Å². The second-order valence-corrected chi connectivity index (χ2v) is 6.17. The van der Waals surface area contributed by atoms with E-state index in [4.69, 9.17) is 4.74 Å². The molecular formula is C17H26FNO. The fourth-order valence-corrected chi connectivity index (χ4v) is 2.62. The summed E-state index contributed by atoms with van der Waals surface area (Å²) in [6.07, 6.45) is 5.06. The zero-order chi connectivity index (χ0) is 14.4. The van der Waals surface area contributed by atoms with Gasteiger partial charge in [-0.3, -0.25) is 0 Å². The molecule has 2 rings (SSSR count). The van der Waals surface area contributed by atoms with Crippen molar-refractivity contribution >= 4 is 0 Å². The Morgan fingerprint density at radius 2 is 2.05 bits per heavy atom. The van der Waals surface area contributed by atoms with Gasteiger partial charge in [-0.15, -0.1) is 0 Å². The molecule has 0 unspecified atom stereocenters. The van der Waals surface area contributed by atoms with Gasteiger partial charge in [0.2, 0.25) is 0 Å². The third-order valence-electron chi connectivity index (χ3n) is 3.77. The highest BCUT2D eigenvalue weighted by atomic mass is 19.1. The lowest BCUT2D eigenvalue weighted by Crippen LogP contribution is -2.19. The topological polar surface area (TPSA) is 21.3 Å². The van der Waals surface area contributed by atoms with Gasteiger partial charge in [-0.1, -0.05) is 32.8 Å². The van der Waals surface area contributed by atoms with Gasteiger partial charge in [-0.25, -0.2) is 4.39 Å². The Bertz CT molecular complexity index is 413. The molecular weight excluding hydrogens is 253 g/mol. The standard InChI is InChI=1S/C17H26FNO/c1-13(2)10-19-11-14-7-8-17(18)15(9-14)12-20-16-5-3-4-6-16/h7-9,13,16,19H,3-6,10-12H2,1-2H3. The highest BCUT2D eigenvalue weighted by molar-refractivity contribution is 5.24. The number of halogens is 1. The zero-order valence-electron chi connectivity index (χ0n) is 12.6. The number of hydrogen-bond donors (Lipinski definition) is 1. The second kappa shape index (κ2) is 7.75. The molecule has 0 spiro atoms. The fraction of sp³-hybridized carbons (Fsp3) is 0.647. The normalized spacial score (nSPS) is 16.2. The van der Waals surface area contributed by atoms with E-state index in [2.05, 4.69) is 19.2 Å². The third-order valence-corrected chi connectivity index (χ3v) is 3.77. The van der Waals surface area contributed by atoms with Crippen molar-refractivity contribution in [3.05, 3.63) is 35.1 Å². The summed E-state index contributed by atoms with van der Waals surface area (Å²) in [5.74, 6) is 0.469. The van der Waals surface area contributed by atoms with Crippen molar-refractivity contribution in [1.29, 1.82) is 0 Å². The van der Waals surface area contributed by atoms with Crippen LogP contribution in [0.4, 0.5) is 4.39 Å². The number of hydrogen-bond acceptors (Lipinski definition) is 2. The van der Waals surface area contributed by atoms with Gasteiger partial charge in [0.25, 0.3) is 0 Å². The molecule has 0 aromatic heterocycles. The Labute approximate surface area is 121 Å². The summed E-state index contributed by atoms with van der Waals surface area (Å²) in [6, 6.07) is 5.33. The van der Waals surface area contributed by atoms with E-state index in [9.17, 15) is 4.39 Å². The van der Waals surface area contributed by atoms with E-state index in [-0.39, 0.29) is 5.82 Å². The van der Waals surface area contributed by atoms with E-state index in [0.717, 1.165) is 31.5 Å². The van der Waals surface area contributed by atoms with Crippen LogP contribution in [0, 0.1) is 11.7 Å². The quantitative estimate of drug-likeness (QED) is 0.813. The minimum atomic E-state index is -0.157. The third kappa shape index (κ3) is 4.88. The maximum absolute atomic E-state index is 13.8. The summed E-state index contributed by atoms with van der Waals surface area (Å²) in [7, 11) is 0. The summed E-state index contributed by atoms with van der Waals surface area (Å²) in [6.45, 7) is 6.52. The molecule has 1 fully saturated rings. The average molecular weight is 279 g/mol. The van der Waals surface area contributed by atoms with Crippen LogP contribution in [0.1, 0.15) is 50.7 Å². The fourth-order valence-electron chi connectivity index (χ4n) is 2.62. The molecule has 3 heteroatoms. The molecule has 0 bridgehead atoms. The van der Waals surface area contributed by atoms with E-state index < -0.39 is 0 Å². The summed E-state index contributed by atoms with van der Waals surface area (Å²) in [5, 5.41) is 3.38. The van der Waals surface area contributed by atoms with Gasteiger partial charge in [0, 0.05) is 12.1 Å². The average Bonchev–Trinajstić information content (AvgIpc) is 2.92. The van der Waals surface area contributed by atoms with Crippen LogP contribution in [0.25, 0.3) is 0 Å². The van der Waals surface area contributed by atoms with Crippen molar-refractivity contribution in [3.8, 4) is 0 Å². The van der Waals surface area contributed by atoms with Crippen LogP contribution in [0.5, 0.6) is 0 Å². The van der Waals surface area contributed by atoms with Crippen molar-refractivity contribution in [2.75, 3.05) is 6.54 Å². The molecule has 0 heterocycles. The van der Waals surface area contributed by atoms with Crippen LogP contribution < -0.4 is 5.32 Å². The van der Waals surface area contributed by atoms with Crippen LogP contribution in [0.3, 0.4) is 0 Å². The van der Waals surface area contributed by atoms with E-state index in [0.29, 0.717) is 24.2 Å². The molecule has 0 radical (unpaired) electrons. The molecule has 1 aromatic rings. The molecule has 1 aromatic carbocycles. The number of rotatable bonds is 7. The lowest BCUT2D eigenvalue weighted by molar-refractivity contribution is 0.0441. The number of ether oxygens (including phenoxy) is 1. The van der Waals surface area contributed by atoms with Crippen LogP contribution in [-0.2, 0) is 17.9 Å². The van der Waals surface area contributed by atoms with Crippen molar-refractivity contribution in [2.45, 2.75) is 58.8 Å². The van der Waals surface area contributed by atoms with Crippen LogP contribution in [-0.4, -0.2) is 12.6 Å². The zero-order valence-corrected chi connectivity index (χ0v) is 12.6. The first-order valence-electron chi connectivity index (χ1n) is 7.75. The molecule has 112 valence electrons. The Kier molecular flexibility index (Phi) is 5.99. The summed E-state index contributed by atoms with van der Waals surface area (Å²) in [5.41, 5.74) is 1.80. The van der Waals surface area contributed by atoms with E-state index >= 15 is 0 Å².